The molecular formula is C25H22FN5O2S2. The van der Waals surface area contributed by atoms with Crippen molar-refractivity contribution in [3.8, 4) is 28.3 Å². The molecule has 2 aromatic heterocycles. The Morgan fingerprint density at radius 1 is 1.14 bits per heavy atom. The molecule has 10 heteroatoms. The van der Waals surface area contributed by atoms with Crippen LogP contribution in [0.3, 0.4) is 0 Å². The van der Waals surface area contributed by atoms with Crippen molar-refractivity contribution in [3.63, 3.8) is 0 Å². The fourth-order valence-corrected chi connectivity index (χ4v) is 3.92. The molecule has 0 aliphatic carbocycles. The molecule has 35 heavy (non-hydrogen) atoms. The third-order valence-corrected chi connectivity index (χ3v) is 5.73. The van der Waals surface area contributed by atoms with E-state index < -0.39 is 0 Å². The third kappa shape index (κ3) is 5.84. The molecule has 178 valence electrons. The fourth-order valence-electron chi connectivity index (χ4n) is 3.40. The smallest absolute Gasteiger partial charge is 0.248 e. The number of rotatable bonds is 8. The normalized spacial score (nSPS) is 11.0. The van der Waals surface area contributed by atoms with Crippen molar-refractivity contribution in [2.45, 2.75) is 5.16 Å². The monoisotopic (exact) mass is 507 g/mol. The van der Waals surface area contributed by atoms with Gasteiger partial charge in [-0.05, 0) is 66.3 Å². The molecule has 0 bridgehead atoms. The Balaban J connectivity index is 1.68. The minimum Gasteiger partial charge on any atom is -0.495 e. The zero-order valence-corrected chi connectivity index (χ0v) is 20.6. The lowest BCUT2D eigenvalue weighted by atomic mass is 10.1. The number of pyridine rings is 1. The van der Waals surface area contributed by atoms with E-state index in [1.54, 1.807) is 43.6 Å². The van der Waals surface area contributed by atoms with E-state index in [-0.39, 0.29) is 11.7 Å². The highest BCUT2D eigenvalue weighted by Gasteiger charge is 2.15. The van der Waals surface area contributed by atoms with Crippen LogP contribution < -0.4 is 15.4 Å². The minimum atomic E-state index is -0.302. The lowest BCUT2D eigenvalue weighted by molar-refractivity contribution is -0.111. The first kappa shape index (κ1) is 24.4. The number of aromatic amines is 1. The Morgan fingerprint density at radius 2 is 1.94 bits per heavy atom. The molecule has 3 N–H and O–H groups in total. The summed E-state index contributed by atoms with van der Waals surface area (Å²) in [6.45, 7) is 0. The Kier molecular flexibility index (Phi) is 7.74. The van der Waals surface area contributed by atoms with E-state index in [0.29, 0.717) is 22.9 Å². The van der Waals surface area contributed by atoms with Gasteiger partial charge in [0.1, 0.15) is 17.4 Å². The molecule has 0 aliphatic heterocycles. The van der Waals surface area contributed by atoms with E-state index in [1.807, 2.05) is 18.4 Å². The van der Waals surface area contributed by atoms with Gasteiger partial charge in [0.15, 0.2) is 5.16 Å². The van der Waals surface area contributed by atoms with Gasteiger partial charge < -0.3 is 20.4 Å². The molecule has 0 saturated heterocycles. The maximum absolute atomic E-state index is 13.5. The first-order chi connectivity index (χ1) is 17.0. The molecule has 2 heterocycles. The van der Waals surface area contributed by atoms with Gasteiger partial charge in [-0.2, -0.15) is 12.6 Å². The van der Waals surface area contributed by atoms with Crippen LogP contribution in [0.4, 0.5) is 21.6 Å². The Hall–Kier alpha value is -3.76. The number of carbonyl (C=O) groups excluding carboxylic acids is 1. The highest BCUT2D eigenvalue weighted by atomic mass is 32.2. The number of anilines is 3. The second-order valence-corrected chi connectivity index (χ2v) is 8.34. The summed E-state index contributed by atoms with van der Waals surface area (Å²) < 4.78 is 18.9. The quantitative estimate of drug-likeness (QED) is 0.130. The number of ether oxygens (including phenoxy) is 1. The van der Waals surface area contributed by atoms with Crippen LogP contribution in [-0.4, -0.2) is 34.2 Å². The van der Waals surface area contributed by atoms with Crippen LogP contribution in [0.1, 0.15) is 0 Å². The zero-order valence-electron chi connectivity index (χ0n) is 18.9. The number of H-pyrrole nitrogens is 1. The van der Waals surface area contributed by atoms with Crippen molar-refractivity contribution in [2.75, 3.05) is 24.0 Å². The predicted octanol–water partition coefficient (Wildman–Crippen LogP) is 6.13. The van der Waals surface area contributed by atoms with Gasteiger partial charge in [0, 0.05) is 29.1 Å². The van der Waals surface area contributed by atoms with Crippen molar-refractivity contribution >= 4 is 47.5 Å². The number of methoxy groups -OCH3 is 1. The van der Waals surface area contributed by atoms with Crippen molar-refractivity contribution in [2.24, 2.45) is 0 Å². The lowest BCUT2D eigenvalue weighted by Crippen LogP contribution is -2.08. The highest BCUT2D eigenvalue weighted by molar-refractivity contribution is 7.98. The largest absolute Gasteiger partial charge is 0.495 e. The van der Waals surface area contributed by atoms with Gasteiger partial charge in [-0.1, -0.05) is 11.8 Å². The van der Waals surface area contributed by atoms with E-state index in [1.165, 1.54) is 35.4 Å². The molecule has 4 aromatic rings. The van der Waals surface area contributed by atoms with E-state index in [4.69, 9.17) is 9.72 Å². The Bertz CT molecular complexity index is 1370. The van der Waals surface area contributed by atoms with Crippen molar-refractivity contribution in [1.82, 2.24) is 15.0 Å². The molecule has 0 fully saturated rings. The topological polar surface area (TPSA) is 91.9 Å². The molecular weight excluding hydrogens is 485 g/mol. The Morgan fingerprint density at radius 3 is 2.66 bits per heavy atom. The molecule has 0 spiro atoms. The molecule has 0 atom stereocenters. The maximum atomic E-state index is 13.5. The van der Waals surface area contributed by atoms with Crippen LogP contribution >= 0.6 is 24.4 Å². The summed E-state index contributed by atoms with van der Waals surface area (Å²) >= 11 is 5.40. The number of halogens is 1. The summed E-state index contributed by atoms with van der Waals surface area (Å²) in [5.74, 6) is 0.534. The van der Waals surface area contributed by atoms with Crippen LogP contribution in [0, 0.1) is 5.82 Å². The molecule has 1 amide bonds. The molecule has 0 unspecified atom stereocenters. The second-order valence-electron chi connectivity index (χ2n) is 7.25. The highest BCUT2D eigenvalue weighted by Crippen LogP contribution is 2.35. The van der Waals surface area contributed by atoms with Crippen LogP contribution in [-0.2, 0) is 4.79 Å². The fraction of sp³-hybridized carbons (Fsp3) is 0.0800. The number of imidazole rings is 1. The van der Waals surface area contributed by atoms with Crippen LogP contribution in [0.2, 0.25) is 0 Å². The lowest BCUT2D eigenvalue weighted by Gasteiger charge is -2.13. The van der Waals surface area contributed by atoms with E-state index in [2.05, 4.69) is 33.2 Å². The van der Waals surface area contributed by atoms with Gasteiger partial charge in [-0.25, -0.2) is 14.4 Å². The number of hydrogen-bond acceptors (Lipinski definition) is 7. The van der Waals surface area contributed by atoms with E-state index in [9.17, 15) is 9.18 Å². The SMILES string of the molecule is COc1ccc(NC(=O)/C=C\S)cc1Nc1cc(-c2nc(SC)[nH]c2-c2ccc(F)cc2)ccn1. The average molecular weight is 508 g/mol. The zero-order chi connectivity index (χ0) is 24.8. The summed E-state index contributed by atoms with van der Waals surface area (Å²) in [7, 11) is 1.56. The summed E-state index contributed by atoms with van der Waals surface area (Å²) in [6.07, 6.45) is 4.92. The van der Waals surface area contributed by atoms with Gasteiger partial charge in [0.25, 0.3) is 0 Å². The number of thioether (sulfide) groups is 1. The van der Waals surface area contributed by atoms with Crippen molar-refractivity contribution in [3.05, 3.63) is 78.1 Å². The molecule has 2 aromatic carbocycles. The number of hydrogen-bond donors (Lipinski definition) is 4. The summed E-state index contributed by atoms with van der Waals surface area (Å²) in [5, 5.41) is 8.12. The Labute approximate surface area is 211 Å². The van der Waals surface area contributed by atoms with E-state index in [0.717, 1.165) is 27.7 Å². The molecule has 0 aliphatic rings. The first-order valence-corrected chi connectivity index (χ1v) is 12.2. The van der Waals surface area contributed by atoms with Crippen LogP contribution in [0.15, 0.2) is 77.4 Å². The predicted molar refractivity (Wildman–Crippen MR) is 142 cm³/mol. The third-order valence-electron chi connectivity index (χ3n) is 5.00. The molecule has 0 radical (unpaired) electrons. The summed E-state index contributed by atoms with van der Waals surface area (Å²) in [4.78, 5) is 24.3. The second kappa shape index (κ2) is 11.1. The number of nitrogens with one attached hydrogen (secondary N) is 3. The number of benzene rings is 2. The van der Waals surface area contributed by atoms with Crippen LogP contribution in [0.5, 0.6) is 5.75 Å². The van der Waals surface area contributed by atoms with Gasteiger partial charge in [0.2, 0.25) is 5.91 Å². The molecule has 0 saturated carbocycles. The maximum Gasteiger partial charge on any atom is 0.248 e. The number of aromatic nitrogens is 3. The average Bonchev–Trinajstić information content (AvgIpc) is 3.30. The first-order valence-electron chi connectivity index (χ1n) is 10.4. The summed E-state index contributed by atoms with van der Waals surface area (Å²) in [6, 6.07) is 15.2. The number of carbonyl (C=O) groups is 1. The van der Waals surface area contributed by atoms with E-state index >= 15 is 0 Å². The molecule has 4 rings (SSSR count). The number of nitrogens with zero attached hydrogens (tertiary/aromatic N) is 2. The van der Waals surface area contributed by atoms with Gasteiger partial charge in [-0.15, -0.1) is 0 Å². The van der Waals surface area contributed by atoms with Gasteiger partial charge in [0.05, 0.1) is 24.2 Å². The van der Waals surface area contributed by atoms with Crippen LogP contribution in [0.25, 0.3) is 22.5 Å². The van der Waals surface area contributed by atoms with Gasteiger partial charge >= 0.3 is 0 Å². The summed E-state index contributed by atoms with van der Waals surface area (Å²) in [5.41, 5.74) is 4.34. The standard InChI is InChI=1S/C25H22FN5O2S2/c1-33-20-8-7-18(28-22(32)10-12-34)14-19(20)29-21-13-16(9-11-27-21)24-23(30-25(31-24)35-2)15-3-5-17(26)6-4-15/h3-14,34H,1-2H3,(H,27,29)(H,28,32)(H,30,31)/b12-10-. The van der Waals surface area contributed by atoms with Crippen molar-refractivity contribution < 1.29 is 13.9 Å². The van der Waals surface area contributed by atoms with Crippen molar-refractivity contribution in [1.29, 1.82) is 0 Å². The minimum absolute atomic E-state index is 0.298. The number of amides is 1. The van der Waals surface area contributed by atoms with Gasteiger partial charge in [-0.3, -0.25) is 4.79 Å². The molecule has 7 nitrogen and oxygen atoms in total. The number of thiol groups is 1.